The minimum absolute atomic E-state index is 0.0616. The Morgan fingerprint density at radius 1 is 1.38 bits per heavy atom. The molecule has 0 spiro atoms. The second-order valence-electron chi connectivity index (χ2n) is 4.71. The summed E-state index contributed by atoms with van der Waals surface area (Å²) in [6.07, 6.45) is 4.89. The molecule has 0 atom stereocenters. The maximum atomic E-state index is 10.9. The van der Waals surface area contributed by atoms with Gasteiger partial charge >= 0.3 is 0 Å². The van der Waals surface area contributed by atoms with E-state index in [4.69, 9.17) is 11.6 Å². The van der Waals surface area contributed by atoms with E-state index in [0.29, 0.717) is 0 Å². The van der Waals surface area contributed by atoms with E-state index in [9.17, 15) is 4.79 Å². The lowest BCUT2D eigenvalue weighted by atomic mass is 9.99. The monoisotopic (exact) mass is 246 g/mol. The first-order valence-electron chi connectivity index (χ1n) is 6.27. The Hall–Kier alpha value is -0.280. The van der Waals surface area contributed by atoms with Crippen molar-refractivity contribution < 1.29 is 4.79 Å². The van der Waals surface area contributed by atoms with Crippen LogP contribution < -0.4 is 5.32 Å². The predicted molar refractivity (Wildman–Crippen MR) is 67.8 cm³/mol. The smallest absolute Gasteiger partial charge is 0.234 e. The number of likely N-dealkylation sites (tertiary alicyclic amines) is 1. The summed E-state index contributed by atoms with van der Waals surface area (Å²) in [5, 5.41) is 2.79. The van der Waals surface area contributed by atoms with Gasteiger partial charge in [-0.2, -0.15) is 0 Å². The molecule has 0 aromatic carbocycles. The third-order valence-corrected chi connectivity index (χ3v) is 3.46. The molecule has 4 heteroatoms. The molecule has 3 nitrogen and oxygen atoms in total. The van der Waals surface area contributed by atoms with Gasteiger partial charge in [-0.25, -0.2) is 0 Å². The van der Waals surface area contributed by atoms with Crippen molar-refractivity contribution in [2.24, 2.45) is 5.92 Å². The van der Waals surface area contributed by atoms with Crippen LogP contribution >= 0.6 is 11.6 Å². The normalized spacial score (nSPS) is 18.6. The van der Waals surface area contributed by atoms with E-state index >= 15 is 0 Å². The molecule has 1 rings (SSSR count). The topological polar surface area (TPSA) is 32.3 Å². The summed E-state index contributed by atoms with van der Waals surface area (Å²) in [6.45, 7) is 6.75. The van der Waals surface area contributed by atoms with Crippen LogP contribution in [0.1, 0.15) is 32.6 Å². The Morgan fingerprint density at radius 2 is 2.06 bits per heavy atom. The molecule has 0 bridgehead atoms. The van der Waals surface area contributed by atoms with Gasteiger partial charge in [0.05, 0.1) is 0 Å². The second-order valence-corrected chi connectivity index (χ2v) is 4.98. The van der Waals surface area contributed by atoms with Crippen molar-refractivity contribution in [1.82, 2.24) is 10.2 Å². The maximum Gasteiger partial charge on any atom is 0.234 e. The zero-order chi connectivity index (χ0) is 11.8. The van der Waals surface area contributed by atoms with Crippen LogP contribution in [0.15, 0.2) is 0 Å². The molecule has 0 aromatic rings. The molecule has 1 aliphatic rings. The summed E-state index contributed by atoms with van der Waals surface area (Å²) >= 11 is 5.38. The quantitative estimate of drug-likeness (QED) is 0.573. The van der Waals surface area contributed by atoms with Crippen molar-refractivity contribution in [2.75, 3.05) is 32.1 Å². The van der Waals surface area contributed by atoms with E-state index in [1.807, 2.05) is 0 Å². The third-order valence-electron chi connectivity index (χ3n) is 3.22. The fourth-order valence-corrected chi connectivity index (χ4v) is 2.12. The van der Waals surface area contributed by atoms with Crippen LogP contribution in [0.3, 0.4) is 0 Å². The summed E-state index contributed by atoms with van der Waals surface area (Å²) in [6, 6.07) is 0. The number of hydrogen-bond acceptors (Lipinski definition) is 2. The first-order chi connectivity index (χ1) is 7.72. The minimum atomic E-state index is -0.0616. The van der Waals surface area contributed by atoms with Crippen LogP contribution in [-0.4, -0.2) is 42.9 Å². The highest BCUT2D eigenvalue weighted by atomic mass is 35.5. The lowest BCUT2D eigenvalue weighted by Gasteiger charge is -2.30. The number of nitrogens with one attached hydrogen (secondary N) is 1. The lowest BCUT2D eigenvalue weighted by molar-refractivity contribution is -0.118. The highest BCUT2D eigenvalue weighted by Crippen LogP contribution is 2.15. The molecule has 0 aliphatic carbocycles. The molecule has 1 fully saturated rings. The van der Waals surface area contributed by atoms with E-state index in [1.165, 1.54) is 32.5 Å². The number of nitrogens with zero attached hydrogens (tertiary/aromatic N) is 1. The number of halogens is 1. The standard InChI is InChI=1S/C12H23ClN2O/c1-11-4-8-15(9-5-11)7-3-2-6-14-12(16)10-13/h11H,2-10H2,1H3,(H,14,16). The average Bonchev–Trinajstić information content (AvgIpc) is 2.31. The van der Waals surface area contributed by atoms with Crippen LogP contribution in [0, 0.1) is 5.92 Å². The van der Waals surface area contributed by atoms with E-state index in [-0.39, 0.29) is 11.8 Å². The molecule has 1 amide bonds. The number of alkyl halides is 1. The number of rotatable bonds is 6. The highest BCUT2D eigenvalue weighted by Gasteiger charge is 2.14. The molecule has 1 N–H and O–H groups in total. The molecule has 0 aromatic heterocycles. The van der Waals surface area contributed by atoms with Gasteiger partial charge in [0, 0.05) is 6.54 Å². The van der Waals surface area contributed by atoms with Gasteiger partial charge in [0.25, 0.3) is 0 Å². The molecule has 1 heterocycles. The zero-order valence-electron chi connectivity index (χ0n) is 10.2. The van der Waals surface area contributed by atoms with Gasteiger partial charge in [-0.05, 0) is 51.2 Å². The Kier molecular flexibility index (Phi) is 6.81. The van der Waals surface area contributed by atoms with Crippen molar-refractivity contribution in [2.45, 2.75) is 32.6 Å². The molecule has 1 saturated heterocycles. The fourth-order valence-electron chi connectivity index (χ4n) is 2.02. The van der Waals surface area contributed by atoms with Crippen LogP contribution in [-0.2, 0) is 4.79 Å². The summed E-state index contributed by atoms with van der Waals surface area (Å²) in [7, 11) is 0. The van der Waals surface area contributed by atoms with Crippen LogP contribution in [0.4, 0.5) is 0 Å². The van der Waals surface area contributed by atoms with Gasteiger partial charge in [-0.15, -0.1) is 11.6 Å². The van der Waals surface area contributed by atoms with E-state index in [2.05, 4.69) is 17.1 Å². The Bertz CT molecular complexity index is 203. The highest BCUT2D eigenvalue weighted by molar-refractivity contribution is 6.27. The van der Waals surface area contributed by atoms with Crippen LogP contribution in [0.5, 0.6) is 0 Å². The molecule has 0 saturated carbocycles. The van der Waals surface area contributed by atoms with E-state index < -0.39 is 0 Å². The summed E-state index contributed by atoms with van der Waals surface area (Å²) in [5.74, 6) is 0.914. The number of carbonyl (C=O) groups is 1. The molecule has 16 heavy (non-hydrogen) atoms. The van der Waals surface area contributed by atoms with Gasteiger partial charge in [0.2, 0.25) is 5.91 Å². The van der Waals surface area contributed by atoms with E-state index in [0.717, 1.165) is 25.3 Å². The summed E-state index contributed by atoms with van der Waals surface area (Å²) in [4.78, 5) is 13.4. The van der Waals surface area contributed by atoms with Crippen LogP contribution in [0.25, 0.3) is 0 Å². The second kappa shape index (κ2) is 7.91. The maximum absolute atomic E-state index is 10.9. The number of carbonyl (C=O) groups excluding carboxylic acids is 1. The zero-order valence-corrected chi connectivity index (χ0v) is 10.9. The summed E-state index contributed by atoms with van der Waals surface area (Å²) < 4.78 is 0. The largest absolute Gasteiger partial charge is 0.355 e. The van der Waals surface area contributed by atoms with Crippen molar-refractivity contribution in [3.8, 4) is 0 Å². The molecular weight excluding hydrogens is 224 g/mol. The molecule has 0 radical (unpaired) electrons. The van der Waals surface area contributed by atoms with Gasteiger partial charge in [-0.1, -0.05) is 6.92 Å². The van der Waals surface area contributed by atoms with E-state index in [1.54, 1.807) is 0 Å². The predicted octanol–water partition coefficient (Wildman–Crippen LogP) is 1.85. The number of hydrogen-bond donors (Lipinski definition) is 1. The van der Waals surface area contributed by atoms with Crippen molar-refractivity contribution in [3.05, 3.63) is 0 Å². The Labute approximate surface area is 104 Å². The molecular formula is C12H23ClN2O. The molecule has 0 unspecified atom stereocenters. The molecule has 94 valence electrons. The Morgan fingerprint density at radius 3 is 2.69 bits per heavy atom. The van der Waals surface area contributed by atoms with Gasteiger partial charge in [-0.3, -0.25) is 4.79 Å². The molecule has 1 aliphatic heterocycles. The minimum Gasteiger partial charge on any atom is -0.355 e. The third kappa shape index (κ3) is 5.71. The number of piperidine rings is 1. The number of unbranched alkanes of at least 4 members (excludes halogenated alkanes) is 1. The van der Waals surface area contributed by atoms with Crippen molar-refractivity contribution in [3.63, 3.8) is 0 Å². The summed E-state index contributed by atoms with van der Waals surface area (Å²) in [5.41, 5.74) is 0. The lowest BCUT2D eigenvalue weighted by Crippen LogP contribution is -2.34. The first kappa shape index (κ1) is 13.8. The van der Waals surface area contributed by atoms with Gasteiger partial charge in [0.15, 0.2) is 0 Å². The van der Waals surface area contributed by atoms with Gasteiger partial charge in [0.1, 0.15) is 5.88 Å². The van der Waals surface area contributed by atoms with Gasteiger partial charge < -0.3 is 10.2 Å². The van der Waals surface area contributed by atoms with Crippen molar-refractivity contribution in [1.29, 1.82) is 0 Å². The first-order valence-corrected chi connectivity index (χ1v) is 6.81. The SMILES string of the molecule is CC1CCN(CCCCNC(=O)CCl)CC1. The van der Waals surface area contributed by atoms with Crippen molar-refractivity contribution >= 4 is 17.5 Å². The van der Waals surface area contributed by atoms with Crippen LogP contribution in [0.2, 0.25) is 0 Å². The fraction of sp³-hybridized carbons (Fsp3) is 0.917. The Balaban J connectivity index is 1.93. The average molecular weight is 247 g/mol. The number of amides is 1.